The van der Waals surface area contributed by atoms with Crippen molar-refractivity contribution < 1.29 is 43.5 Å². The van der Waals surface area contributed by atoms with Crippen LogP contribution >= 0.6 is 12.2 Å². The fraction of sp³-hybridized carbons (Fsp3) is 0.429. The zero-order chi connectivity index (χ0) is 27.4. The molecule has 0 saturated heterocycles. The van der Waals surface area contributed by atoms with Crippen LogP contribution in [0.2, 0.25) is 0 Å². The third-order valence-electron chi connectivity index (χ3n) is 5.54. The third kappa shape index (κ3) is 8.37. The summed E-state index contributed by atoms with van der Waals surface area (Å²) in [6.45, 7) is 8.67. The van der Waals surface area contributed by atoms with E-state index in [0.29, 0.717) is 17.0 Å². The van der Waals surface area contributed by atoms with Crippen LogP contribution in [0.1, 0.15) is 40.0 Å². The number of nitrogens with zero attached hydrogens (tertiary/aromatic N) is 1. The van der Waals surface area contributed by atoms with Crippen LogP contribution in [0.5, 0.6) is 0 Å². The molecule has 0 amide bonds. The summed E-state index contributed by atoms with van der Waals surface area (Å²) < 4.78 is 98.3. The first kappa shape index (κ1) is 31.2. The highest BCUT2D eigenvalue weighted by molar-refractivity contribution is 8.13. The molecule has 3 N–H and O–H groups in total. The van der Waals surface area contributed by atoms with Gasteiger partial charge in [0.25, 0.3) is 20.2 Å². The second-order valence-electron chi connectivity index (χ2n) is 8.15. The molecular formula is C21H30NO9S4+. The number of thiocarbonyl (C=S) groups is 1. The molecule has 0 aromatic heterocycles. The fourth-order valence-electron chi connectivity index (χ4n) is 3.86. The second-order valence-corrected chi connectivity index (χ2v) is 13.5. The standard InChI is InChI=1S/C21H29NO9S4/c1-6-7-8-10-18-21(4,11-9-12-33(23,24)25)20(16(3)22(18)5)17(13-15(2)34(26,27)28)14-19(32)35(29,30)31/h6-8,10,13H,3,9,11-12,14H2,1-2,4-5H3,(H2-,23,24,25,26,27,28,29,30,31)/p+1/b7-6?,10-8+,15-13+,20-17-. The number of hydrogen-bond donors (Lipinski definition) is 3. The lowest BCUT2D eigenvalue weighted by atomic mass is 9.73. The molecule has 0 saturated carbocycles. The molecule has 0 radical (unpaired) electrons. The highest BCUT2D eigenvalue weighted by Crippen LogP contribution is 2.46. The number of hydrogen-bond acceptors (Lipinski definition) is 7. The largest absolute Gasteiger partial charge is 0.301 e. The van der Waals surface area contributed by atoms with Gasteiger partial charge in [0.15, 0.2) is 5.71 Å². The van der Waals surface area contributed by atoms with Gasteiger partial charge in [0.05, 0.1) is 16.1 Å². The Morgan fingerprint density at radius 3 is 2.11 bits per heavy atom. The van der Waals surface area contributed by atoms with E-state index in [1.165, 1.54) is 0 Å². The maximum atomic E-state index is 11.7. The fourth-order valence-corrected chi connectivity index (χ4v) is 5.16. The van der Waals surface area contributed by atoms with Gasteiger partial charge in [-0.05, 0) is 51.8 Å². The van der Waals surface area contributed by atoms with Crippen LogP contribution in [0.25, 0.3) is 0 Å². The molecule has 1 rings (SSSR count). The molecular weight excluding hydrogens is 538 g/mol. The van der Waals surface area contributed by atoms with Gasteiger partial charge in [-0.25, -0.2) is 0 Å². The maximum absolute atomic E-state index is 11.7. The lowest BCUT2D eigenvalue weighted by molar-refractivity contribution is -0.433. The zero-order valence-electron chi connectivity index (χ0n) is 19.8. The van der Waals surface area contributed by atoms with Gasteiger partial charge >= 0.3 is 10.1 Å². The van der Waals surface area contributed by atoms with Crippen molar-refractivity contribution in [2.75, 3.05) is 12.8 Å². The van der Waals surface area contributed by atoms with E-state index in [0.717, 1.165) is 13.0 Å². The molecule has 0 aromatic carbocycles. The number of rotatable bonds is 10. The maximum Gasteiger partial charge on any atom is 0.301 e. The molecule has 35 heavy (non-hydrogen) atoms. The minimum Gasteiger partial charge on any atom is -0.286 e. The zero-order valence-corrected chi connectivity index (χ0v) is 23.1. The first-order valence-electron chi connectivity index (χ1n) is 10.2. The topological polar surface area (TPSA) is 166 Å². The summed E-state index contributed by atoms with van der Waals surface area (Å²) in [4.78, 5) is -0.508. The minimum atomic E-state index is -4.76. The van der Waals surface area contributed by atoms with Crippen molar-refractivity contribution in [2.24, 2.45) is 5.41 Å². The van der Waals surface area contributed by atoms with E-state index in [1.807, 2.05) is 0 Å². The Balaban J connectivity index is 3.99. The Bertz CT molecular complexity index is 1380. The summed E-state index contributed by atoms with van der Waals surface area (Å²) in [6, 6.07) is 0. The number of likely N-dealkylation sites (N-methyl/N-ethyl adjacent to an activating group) is 1. The molecule has 1 heterocycles. The lowest BCUT2D eigenvalue weighted by Gasteiger charge is -2.25. The molecule has 10 nitrogen and oxygen atoms in total. The van der Waals surface area contributed by atoms with Crippen LogP contribution in [0, 0.1) is 5.41 Å². The van der Waals surface area contributed by atoms with Crippen molar-refractivity contribution >= 4 is 52.5 Å². The predicted molar refractivity (Wildman–Crippen MR) is 139 cm³/mol. The van der Waals surface area contributed by atoms with Crippen molar-refractivity contribution in [3.8, 4) is 0 Å². The van der Waals surface area contributed by atoms with Gasteiger partial charge in [-0.15, -0.1) is 0 Å². The highest BCUT2D eigenvalue weighted by Gasteiger charge is 2.49. The van der Waals surface area contributed by atoms with E-state index in [1.54, 1.807) is 49.8 Å². The van der Waals surface area contributed by atoms with Gasteiger partial charge in [0.1, 0.15) is 11.2 Å². The van der Waals surface area contributed by atoms with Crippen LogP contribution in [0.15, 0.2) is 58.7 Å². The summed E-state index contributed by atoms with van der Waals surface area (Å²) >= 11 is 4.84. The van der Waals surface area contributed by atoms with E-state index in [4.69, 9.17) is 12.2 Å². The Hall–Kier alpha value is -1.81. The molecule has 196 valence electrons. The minimum absolute atomic E-state index is 0.00205. The molecule has 0 bridgehead atoms. The molecule has 0 spiro atoms. The van der Waals surface area contributed by atoms with Crippen LogP contribution in [0.3, 0.4) is 0 Å². The van der Waals surface area contributed by atoms with Gasteiger partial charge in [-0.3, -0.25) is 13.7 Å². The van der Waals surface area contributed by atoms with Crippen molar-refractivity contribution in [3.05, 3.63) is 58.7 Å². The van der Waals surface area contributed by atoms with Crippen molar-refractivity contribution in [1.29, 1.82) is 0 Å². The SMILES string of the molecule is C=C1/C(=C(\C=C(/C)S(=O)(=O)O)CC(=S)S(=O)(=O)O)C(C)(CCCS(=O)(=O)O)C(/C=C/C=CC)=[N+]1C. The molecule has 14 heteroatoms. The summed E-state index contributed by atoms with van der Waals surface area (Å²) in [7, 11) is -12.0. The van der Waals surface area contributed by atoms with Crippen molar-refractivity contribution in [3.63, 3.8) is 0 Å². The van der Waals surface area contributed by atoms with E-state index < -0.39 is 57.0 Å². The lowest BCUT2D eigenvalue weighted by Crippen LogP contribution is -2.28. The molecule has 0 aliphatic carbocycles. The van der Waals surface area contributed by atoms with Crippen LogP contribution < -0.4 is 0 Å². The Labute approximate surface area is 212 Å². The number of allylic oxidation sites excluding steroid dienone is 8. The van der Waals surface area contributed by atoms with E-state index >= 15 is 0 Å². The Morgan fingerprint density at radius 1 is 1.09 bits per heavy atom. The van der Waals surface area contributed by atoms with Crippen molar-refractivity contribution in [2.45, 2.75) is 40.0 Å². The predicted octanol–water partition coefficient (Wildman–Crippen LogP) is 3.10. The molecule has 1 aliphatic rings. The smallest absolute Gasteiger partial charge is 0.286 e. The van der Waals surface area contributed by atoms with Gasteiger partial charge in [0, 0.05) is 18.1 Å². The van der Waals surface area contributed by atoms with E-state index in [-0.39, 0.29) is 18.4 Å². The summed E-state index contributed by atoms with van der Waals surface area (Å²) in [5.41, 5.74) is 0.299. The van der Waals surface area contributed by atoms with Gasteiger partial charge < -0.3 is 0 Å². The molecule has 1 aliphatic heterocycles. The first-order chi connectivity index (χ1) is 15.8. The average Bonchev–Trinajstić information content (AvgIpc) is 2.85. The average molecular weight is 569 g/mol. The van der Waals surface area contributed by atoms with Crippen LogP contribution in [0.4, 0.5) is 0 Å². The van der Waals surface area contributed by atoms with Gasteiger partial charge in [-0.2, -0.15) is 29.8 Å². The van der Waals surface area contributed by atoms with Gasteiger partial charge in [0.2, 0.25) is 5.70 Å². The molecule has 0 aromatic rings. The summed E-state index contributed by atoms with van der Waals surface area (Å²) in [5, 5.41) is 0. The molecule has 0 fully saturated rings. The highest BCUT2D eigenvalue weighted by atomic mass is 32.2. The van der Waals surface area contributed by atoms with Crippen molar-refractivity contribution in [1.82, 2.24) is 0 Å². The normalized spacial score (nSPS) is 22.0. The first-order valence-corrected chi connectivity index (χ1v) is 15.1. The van der Waals surface area contributed by atoms with E-state index in [9.17, 15) is 38.9 Å². The molecule has 1 atom stereocenters. The van der Waals surface area contributed by atoms with Crippen LogP contribution in [-0.4, -0.2) is 66.2 Å². The Kier molecular flexibility index (Phi) is 10.3. The Morgan fingerprint density at radius 2 is 1.66 bits per heavy atom. The third-order valence-corrected chi connectivity index (χ3v) is 8.77. The molecule has 1 unspecified atom stereocenters. The van der Waals surface area contributed by atoms with Crippen LogP contribution in [-0.2, 0) is 30.4 Å². The summed E-state index contributed by atoms with van der Waals surface area (Å²) in [6.07, 6.45) is 7.58. The van der Waals surface area contributed by atoms with Gasteiger partial charge in [-0.1, -0.05) is 30.4 Å². The summed E-state index contributed by atoms with van der Waals surface area (Å²) in [5.74, 6) is -0.545. The monoisotopic (exact) mass is 568 g/mol. The quantitative estimate of drug-likeness (QED) is 0.154. The van der Waals surface area contributed by atoms with E-state index in [2.05, 4.69) is 6.58 Å². The second kappa shape index (κ2) is 11.5.